The lowest BCUT2D eigenvalue weighted by atomic mass is 9.89. The Labute approximate surface area is 308 Å². The van der Waals surface area contributed by atoms with Gasteiger partial charge in [-0.05, 0) is 77.3 Å². The number of aliphatic hydroxyl groups is 1. The van der Waals surface area contributed by atoms with Crippen LogP contribution >= 0.6 is 0 Å². The Morgan fingerprint density at radius 1 is 0.981 bits per heavy atom. The molecule has 1 saturated carbocycles. The molecule has 3 aromatic rings. The van der Waals surface area contributed by atoms with Gasteiger partial charge >= 0.3 is 17.9 Å². The molecule has 53 heavy (non-hydrogen) atoms. The van der Waals surface area contributed by atoms with Crippen LogP contribution in [0.15, 0.2) is 55.1 Å². The van der Waals surface area contributed by atoms with Crippen LogP contribution in [-0.4, -0.2) is 71.9 Å². The monoisotopic (exact) mass is 726 g/mol. The van der Waals surface area contributed by atoms with Crippen molar-refractivity contribution in [3.63, 3.8) is 0 Å². The average molecular weight is 727 g/mol. The van der Waals surface area contributed by atoms with E-state index in [-0.39, 0.29) is 52.4 Å². The summed E-state index contributed by atoms with van der Waals surface area (Å²) < 4.78 is 15.2. The maximum atomic E-state index is 14.0. The molecule has 1 aromatic heterocycles. The molecule has 0 radical (unpaired) electrons. The van der Waals surface area contributed by atoms with E-state index in [0.717, 1.165) is 38.5 Å². The van der Waals surface area contributed by atoms with Gasteiger partial charge in [0, 0.05) is 29.8 Å². The number of nitrogens with two attached hydrogens (primary N) is 1. The van der Waals surface area contributed by atoms with Crippen molar-refractivity contribution in [2.45, 2.75) is 64.9 Å². The second-order valence-corrected chi connectivity index (χ2v) is 12.7. The molecule has 13 heteroatoms. The Morgan fingerprint density at radius 2 is 1.74 bits per heavy atom. The van der Waals surface area contributed by atoms with Crippen molar-refractivity contribution in [1.29, 1.82) is 5.41 Å². The van der Waals surface area contributed by atoms with Crippen molar-refractivity contribution in [3.05, 3.63) is 94.3 Å². The van der Waals surface area contributed by atoms with Crippen LogP contribution in [0.3, 0.4) is 0 Å². The first-order valence-electron chi connectivity index (χ1n) is 17.7. The van der Waals surface area contributed by atoms with Crippen LogP contribution in [0.2, 0.25) is 0 Å². The summed E-state index contributed by atoms with van der Waals surface area (Å²) in [5.41, 5.74) is 7.54. The molecule has 0 atom stereocenters. The van der Waals surface area contributed by atoms with Crippen molar-refractivity contribution in [1.82, 2.24) is 10.3 Å². The summed E-state index contributed by atoms with van der Waals surface area (Å²) in [5, 5.41) is 21.4. The first-order valence-corrected chi connectivity index (χ1v) is 17.7. The summed E-state index contributed by atoms with van der Waals surface area (Å²) in [7, 11) is 0. The predicted molar refractivity (Wildman–Crippen MR) is 197 cm³/mol. The number of carbonyl (C=O) groups excluding carboxylic acids is 5. The van der Waals surface area contributed by atoms with Gasteiger partial charge in [0.05, 0.1) is 26.2 Å². The molecule has 1 aliphatic carbocycles. The quantitative estimate of drug-likeness (QED) is 0.0380. The summed E-state index contributed by atoms with van der Waals surface area (Å²) in [6, 6.07) is 12.7. The van der Waals surface area contributed by atoms with Gasteiger partial charge in [0.15, 0.2) is 11.5 Å². The minimum absolute atomic E-state index is 0.0656. The molecule has 2 aromatic carbocycles. The Hall–Kier alpha value is -5.53. The highest BCUT2D eigenvalue weighted by Crippen LogP contribution is 2.32. The van der Waals surface area contributed by atoms with Crippen LogP contribution in [-0.2, 0) is 36.8 Å². The van der Waals surface area contributed by atoms with Crippen LogP contribution in [0.1, 0.15) is 105 Å². The van der Waals surface area contributed by atoms with Crippen LogP contribution in [0.25, 0.3) is 17.2 Å². The third-order valence-corrected chi connectivity index (χ3v) is 8.66. The smallest absolute Gasteiger partial charge is 0.360 e. The number of aromatic nitrogens is 1. The predicted octanol–water partition coefficient (Wildman–Crippen LogP) is 4.95. The molecule has 13 nitrogen and oxygen atoms in total. The van der Waals surface area contributed by atoms with Crippen molar-refractivity contribution in [2.75, 3.05) is 26.5 Å². The average Bonchev–Trinajstić information content (AvgIpc) is 4.01. The normalized spacial score (nSPS) is 12.1. The third kappa shape index (κ3) is 11.7. The topological polar surface area (TPSA) is 208 Å². The van der Waals surface area contributed by atoms with E-state index in [2.05, 4.69) is 23.8 Å². The van der Waals surface area contributed by atoms with Gasteiger partial charge in [-0.15, -0.1) is 0 Å². The molecule has 1 amide bonds. The second-order valence-electron chi connectivity index (χ2n) is 12.7. The Morgan fingerprint density at radius 3 is 2.40 bits per heavy atom. The fraction of sp³-hybridized carbons (Fsp3) is 0.375. The molecule has 1 heterocycles. The summed E-state index contributed by atoms with van der Waals surface area (Å²) in [4.78, 5) is 68.5. The van der Waals surface area contributed by atoms with Crippen molar-refractivity contribution in [2.24, 2.45) is 11.7 Å². The zero-order chi connectivity index (χ0) is 38.3. The van der Waals surface area contributed by atoms with E-state index in [1.54, 1.807) is 36.4 Å². The van der Waals surface area contributed by atoms with Crippen LogP contribution in [0.4, 0.5) is 0 Å². The molecule has 0 aliphatic heterocycles. The molecule has 0 bridgehead atoms. The number of pyridine rings is 1. The zero-order valence-corrected chi connectivity index (χ0v) is 29.9. The van der Waals surface area contributed by atoms with Gasteiger partial charge in [-0.2, -0.15) is 0 Å². The maximum Gasteiger partial charge on any atom is 0.360 e. The van der Waals surface area contributed by atoms with Crippen molar-refractivity contribution < 1.29 is 43.3 Å². The van der Waals surface area contributed by atoms with Gasteiger partial charge in [-0.1, -0.05) is 63.1 Å². The number of hydrogen-bond donors (Lipinski definition) is 4. The van der Waals surface area contributed by atoms with Gasteiger partial charge in [-0.3, -0.25) is 19.2 Å². The molecule has 4 rings (SSSR count). The Bertz CT molecular complexity index is 1830. The number of nitrogens with zero attached hydrogens (tertiary/aromatic N) is 1. The van der Waals surface area contributed by atoms with Crippen LogP contribution in [0.5, 0.6) is 0 Å². The minimum atomic E-state index is -1.03. The highest BCUT2D eigenvalue weighted by Gasteiger charge is 2.26. The number of aliphatic hydroxyl groups excluding tert-OH is 1. The molecule has 1 fully saturated rings. The number of benzene rings is 2. The summed E-state index contributed by atoms with van der Waals surface area (Å²) in [5.74, 6) is -2.77. The Kier molecular flexibility index (Phi) is 15.1. The first-order chi connectivity index (χ1) is 25.6. The largest absolute Gasteiger partial charge is 0.465 e. The highest BCUT2D eigenvalue weighted by molar-refractivity contribution is 6.09. The Balaban J connectivity index is 1.61. The van der Waals surface area contributed by atoms with E-state index in [1.807, 2.05) is 0 Å². The molecule has 5 N–H and O–H groups in total. The number of Topliss-reactive ketones (excluding diaryl/α,β-unsaturated/α-hetero) is 1. The lowest BCUT2D eigenvalue weighted by molar-refractivity contribution is -0.150. The van der Waals surface area contributed by atoms with Crippen LogP contribution in [0, 0.1) is 11.3 Å². The van der Waals surface area contributed by atoms with Crippen molar-refractivity contribution >= 4 is 41.4 Å². The zero-order valence-electron chi connectivity index (χ0n) is 29.9. The van der Waals surface area contributed by atoms with E-state index in [0.29, 0.717) is 41.3 Å². The van der Waals surface area contributed by atoms with Gasteiger partial charge in [-0.25, -0.2) is 9.78 Å². The summed E-state index contributed by atoms with van der Waals surface area (Å²) in [6.45, 7) is 5.10. The number of rotatable bonds is 21. The number of ether oxygens (including phenoxy) is 3. The number of esters is 3. The van der Waals surface area contributed by atoms with E-state index < -0.39 is 43.8 Å². The number of ketones is 1. The van der Waals surface area contributed by atoms with E-state index in [1.165, 1.54) is 18.2 Å². The molecular formula is C40H46N4O9. The number of nitrogens with one attached hydrogen (secondary N) is 2. The standard InChI is InChI=1S/C40H46N4O9/c1-3-5-6-7-16-51-36(47)20-33(42)28-12-10-25(11-13-28)17-35(46)32-18-27(4-2)29(23-45)19-31(32)30-14-15-34(39(49)43-22-26-8-9-26)44-38(30)40(50)53-24-52-37(48)21-41/h4,10-15,18-19,26,42,45H,2-3,5-9,16-17,20-24,41H2,1H3,(H,43,49). The summed E-state index contributed by atoms with van der Waals surface area (Å²) >= 11 is 0. The number of amides is 1. The van der Waals surface area contributed by atoms with E-state index >= 15 is 0 Å². The van der Waals surface area contributed by atoms with Gasteiger partial charge < -0.3 is 35.8 Å². The van der Waals surface area contributed by atoms with E-state index in [9.17, 15) is 29.1 Å². The maximum absolute atomic E-state index is 14.0. The van der Waals surface area contributed by atoms with Gasteiger partial charge in [0.25, 0.3) is 5.91 Å². The van der Waals surface area contributed by atoms with Gasteiger partial charge in [0.1, 0.15) is 5.69 Å². The molecule has 280 valence electrons. The molecular weight excluding hydrogens is 680 g/mol. The molecule has 0 saturated heterocycles. The van der Waals surface area contributed by atoms with Gasteiger partial charge in [0.2, 0.25) is 6.79 Å². The molecule has 0 unspecified atom stereocenters. The lowest BCUT2D eigenvalue weighted by Crippen LogP contribution is -2.27. The fourth-order valence-corrected chi connectivity index (χ4v) is 5.44. The second kappa shape index (κ2) is 19.9. The third-order valence-electron chi connectivity index (χ3n) is 8.66. The van der Waals surface area contributed by atoms with E-state index in [4.69, 9.17) is 25.4 Å². The summed E-state index contributed by atoms with van der Waals surface area (Å²) in [6.07, 6.45) is 7.18. The fourth-order valence-electron chi connectivity index (χ4n) is 5.44. The number of hydrogen-bond acceptors (Lipinski definition) is 12. The minimum Gasteiger partial charge on any atom is -0.465 e. The molecule has 1 aliphatic rings. The number of carbonyl (C=O) groups is 5. The number of unbranched alkanes of at least 4 members (excludes halogenated alkanes) is 3. The molecule has 0 spiro atoms. The highest BCUT2D eigenvalue weighted by atomic mass is 16.7. The lowest BCUT2D eigenvalue weighted by Gasteiger charge is -2.17. The van der Waals surface area contributed by atoms with Crippen molar-refractivity contribution in [3.8, 4) is 11.1 Å². The first kappa shape index (κ1) is 40.2. The SMILES string of the molecule is C=Cc1cc(C(=O)Cc2ccc(C(=N)CC(=O)OCCCCCC)cc2)c(-c2ccc(C(=O)NCC3CC3)nc2C(=O)OCOC(=O)CN)cc1CO. The van der Waals surface area contributed by atoms with Crippen LogP contribution < -0.4 is 11.1 Å².